The van der Waals surface area contributed by atoms with Crippen LogP contribution in [-0.2, 0) is 0 Å². The lowest BCUT2D eigenvalue weighted by Gasteiger charge is -2.00. The topological polar surface area (TPSA) is 33.1 Å². The Morgan fingerprint density at radius 1 is 1.25 bits per heavy atom. The molecule has 0 unspecified atom stereocenters. The van der Waals surface area contributed by atoms with Crippen LogP contribution in [0.2, 0.25) is 5.02 Å². The van der Waals surface area contributed by atoms with Gasteiger partial charge in [0.1, 0.15) is 5.75 Å². The Morgan fingerprint density at radius 2 is 1.75 bits per heavy atom. The van der Waals surface area contributed by atoms with Crippen LogP contribution >= 0.6 is 11.6 Å². The van der Waals surface area contributed by atoms with Crippen LogP contribution in [0.15, 0.2) is 6.07 Å². The molecule has 0 amide bonds. The van der Waals surface area contributed by atoms with E-state index in [0.29, 0.717) is 10.7 Å². The minimum Gasteiger partial charge on any atom is -0.506 e. The molecule has 1 aromatic rings. The molecule has 68 valence electrons. The van der Waals surface area contributed by atoms with Crippen molar-refractivity contribution in [3.63, 3.8) is 0 Å². The number of aryl methyl sites for hydroxylation is 2. The molecule has 0 radical (unpaired) electrons. The number of nitrogens with zero attached hydrogens (tertiary/aromatic N) is 1. The van der Waals surface area contributed by atoms with Crippen molar-refractivity contribution in [1.29, 1.82) is 0 Å². The number of hydrogen-bond donors (Lipinski definition) is 1. The van der Waals surface area contributed by atoms with E-state index in [9.17, 15) is 0 Å². The molecule has 12 heavy (non-hydrogen) atoms. The average molecular weight is 188 g/mol. The largest absolute Gasteiger partial charge is 0.506 e. The Bertz CT molecular complexity index is 211. The highest BCUT2D eigenvalue weighted by atomic mass is 35.5. The monoisotopic (exact) mass is 187 g/mol. The van der Waals surface area contributed by atoms with E-state index in [2.05, 4.69) is 4.98 Å². The zero-order chi connectivity index (χ0) is 9.72. The van der Waals surface area contributed by atoms with Crippen LogP contribution in [0.1, 0.15) is 25.2 Å². The highest BCUT2D eigenvalue weighted by molar-refractivity contribution is 6.31. The maximum absolute atomic E-state index is 9.08. The Morgan fingerprint density at radius 3 is 2.17 bits per heavy atom. The molecule has 1 aromatic heterocycles. The van der Waals surface area contributed by atoms with Crippen molar-refractivity contribution in [3.8, 4) is 5.75 Å². The van der Waals surface area contributed by atoms with Crippen LogP contribution in [0.25, 0.3) is 0 Å². The standard InChI is InChI=1S/C7H8ClNO.C2H6/c1-4-6(8)3-7(10)5(2)9-4;1-2/h3,10H,1-2H3;1-2H3. The van der Waals surface area contributed by atoms with Crippen LogP contribution in [0, 0.1) is 13.8 Å². The van der Waals surface area contributed by atoms with Gasteiger partial charge < -0.3 is 5.11 Å². The van der Waals surface area contributed by atoms with E-state index >= 15 is 0 Å². The molecular weight excluding hydrogens is 174 g/mol. The van der Waals surface area contributed by atoms with Crippen LogP contribution < -0.4 is 0 Å². The summed E-state index contributed by atoms with van der Waals surface area (Å²) in [5, 5.41) is 9.58. The maximum atomic E-state index is 9.08. The van der Waals surface area contributed by atoms with Gasteiger partial charge in [-0.3, -0.25) is 4.98 Å². The third-order valence-corrected chi connectivity index (χ3v) is 1.70. The van der Waals surface area contributed by atoms with Crippen molar-refractivity contribution in [1.82, 2.24) is 4.98 Å². The first-order valence-electron chi connectivity index (χ1n) is 3.94. The number of halogens is 1. The van der Waals surface area contributed by atoms with E-state index in [-0.39, 0.29) is 5.75 Å². The average Bonchev–Trinajstić information content (AvgIpc) is 2.05. The van der Waals surface area contributed by atoms with Gasteiger partial charge in [0.25, 0.3) is 0 Å². The van der Waals surface area contributed by atoms with Gasteiger partial charge in [-0.1, -0.05) is 25.4 Å². The molecule has 1 rings (SSSR count). The molecule has 0 spiro atoms. The lowest BCUT2D eigenvalue weighted by atomic mass is 10.3. The first-order chi connectivity index (χ1) is 5.61. The van der Waals surface area contributed by atoms with Crippen LogP contribution in [0.3, 0.4) is 0 Å². The fourth-order valence-corrected chi connectivity index (χ4v) is 0.837. The van der Waals surface area contributed by atoms with Gasteiger partial charge in [-0.2, -0.15) is 0 Å². The fourth-order valence-electron chi connectivity index (χ4n) is 0.691. The van der Waals surface area contributed by atoms with Crippen molar-refractivity contribution in [3.05, 3.63) is 22.5 Å². The number of aromatic hydroxyl groups is 1. The minimum absolute atomic E-state index is 0.149. The van der Waals surface area contributed by atoms with Gasteiger partial charge in [-0.05, 0) is 13.8 Å². The fraction of sp³-hybridized carbons (Fsp3) is 0.444. The summed E-state index contributed by atoms with van der Waals surface area (Å²) in [6.45, 7) is 7.54. The number of pyridine rings is 1. The Kier molecular flexibility index (Phi) is 4.67. The summed E-state index contributed by atoms with van der Waals surface area (Å²) in [7, 11) is 0. The second-order valence-electron chi connectivity index (χ2n) is 2.16. The summed E-state index contributed by atoms with van der Waals surface area (Å²) >= 11 is 5.66. The molecule has 0 aliphatic rings. The molecule has 0 bridgehead atoms. The molecule has 0 aliphatic heterocycles. The van der Waals surface area contributed by atoms with Gasteiger partial charge in [0.2, 0.25) is 0 Å². The molecule has 1 heterocycles. The molecular formula is C9H14ClNO. The van der Waals surface area contributed by atoms with E-state index in [4.69, 9.17) is 16.7 Å². The zero-order valence-corrected chi connectivity index (χ0v) is 8.61. The minimum atomic E-state index is 0.149. The van der Waals surface area contributed by atoms with E-state index in [0.717, 1.165) is 5.69 Å². The third-order valence-electron chi connectivity index (χ3n) is 1.32. The van der Waals surface area contributed by atoms with E-state index in [1.807, 2.05) is 13.8 Å². The van der Waals surface area contributed by atoms with Crippen LogP contribution in [0.5, 0.6) is 5.75 Å². The second kappa shape index (κ2) is 4.99. The molecule has 0 saturated heterocycles. The second-order valence-corrected chi connectivity index (χ2v) is 2.57. The first kappa shape index (κ1) is 11.2. The zero-order valence-electron chi connectivity index (χ0n) is 7.85. The summed E-state index contributed by atoms with van der Waals surface area (Å²) in [5.74, 6) is 0.149. The van der Waals surface area contributed by atoms with Gasteiger partial charge in [0.05, 0.1) is 16.4 Å². The van der Waals surface area contributed by atoms with Crippen LogP contribution in [0.4, 0.5) is 0 Å². The summed E-state index contributed by atoms with van der Waals surface area (Å²) in [6, 6.07) is 1.50. The van der Waals surface area contributed by atoms with Crippen molar-refractivity contribution in [2.45, 2.75) is 27.7 Å². The van der Waals surface area contributed by atoms with Crippen molar-refractivity contribution in [2.75, 3.05) is 0 Å². The first-order valence-corrected chi connectivity index (χ1v) is 4.32. The van der Waals surface area contributed by atoms with E-state index in [1.165, 1.54) is 6.07 Å². The van der Waals surface area contributed by atoms with Gasteiger partial charge >= 0.3 is 0 Å². The molecule has 0 aromatic carbocycles. The summed E-state index contributed by atoms with van der Waals surface area (Å²) in [4.78, 5) is 3.99. The predicted octanol–water partition coefficient (Wildman–Crippen LogP) is 3.08. The third kappa shape index (κ3) is 2.70. The van der Waals surface area contributed by atoms with E-state index in [1.54, 1.807) is 13.8 Å². The van der Waals surface area contributed by atoms with Gasteiger partial charge in [0, 0.05) is 6.07 Å². The number of aromatic nitrogens is 1. The highest BCUT2D eigenvalue weighted by Crippen LogP contribution is 2.21. The SMILES string of the molecule is CC.Cc1nc(C)c(Cl)cc1O. The molecule has 1 N–H and O–H groups in total. The quantitative estimate of drug-likeness (QED) is 0.677. The van der Waals surface area contributed by atoms with Gasteiger partial charge in [-0.15, -0.1) is 0 Å². The highest BCUT2D eigenvalue weighted by Gasteiger charge is 2.00. The molecule has 2 nitrogen and oxygen atoms in total. The normalized spacial score (nSPS) is 8.75. The van der Waals surface area contributed by atoms with Crippen molar-refractivity contribution in [2.24, 2.45) is 0 Å². The van der Waals surface area contributed by atoms with E-state index < -0.39 is 0 Å². The predicted molar refractivity (Wildman–Crippen MR) is 51.7 cm³/mol. The maximum Gasteiger partial charge on any atom is 0.138 e. The Labute approximate surface area is 78.2 Å². The van der Waals surface area contributed by atoms with Gasteiger partial charge in [0.15, 0.2) is 0 Å². The molecule has 0 aliphatic carbocycles. The summed E-state index contributed by atoms with van der Waals surface area (Å²) < 4.78 is 0. The Balaban J connectivity index is 0.000000561. The molecule has 0 fully saturated rings. The molecule has 3 heteroatoms. The van der Waals surface area contributed by atoms with Crippen molar-refractivity contribution < 1.29 is 5.11 Å². The summed E-state index contributed by atoms with van der Waals surface area (Å²) in [5.41, 5.74) is 1.36. The number of rotatable bonds is 0. The molecule has 0 atom stereocenters. The molecule has 0 saturated carbocycles. The smallest absolute Gasteiger partial charge is 0.138 e. The lowest BCUT2D eigenvalue weighted by Crippen LogP contribution is -1.86. The lowest BCUT2D eigenvalue weighted by molar-refractivity contribution is 0.467. The Hall–Kier alpha value is -0.760. The van der Waals surface area contributed by atoms with Crippen LogP contribution in [-0.4, -0.2) is 10.1 Å². The number of hydrogen-bond acceptors (Lipinski definition) is 2. The van der Waals surface area contributed by atoms with Crippen molar-refractivity contribution >= 4 is 11.6 Å². The van der Waals surface area contributed by atoms with Gasteiger partial charge in [-0.25, -0.2) is 0 Å². The summed E-state index contributed by atoms with van der Waals surface area (Å²) in [6.07, 6.45) is 0.